The number of aliphatic hydroxyl groups excluding tert-OH is 1. The van der Waals surface area contributed by atoms with Crippen LogP contribution in [0.1, 0.15) is 68.3 Å². The van der Waals surface area contributed by atoms with Crippen molar-refractivity contribution < 1.29 is 14.4 Å². The molecule has 1 aromatic rings. The van der Waals surface area contributed by atoms with E-state index in [0.717, 1.165) is 12.8 Å². The Morgan fingerprint density at radius 3 is 2.65 bits per heavy atom. The summed E-state index contributed by atoms with van der Waals surface area (Å²) in [5.41, 5.74) is 1.14. The molecule has 1 rings (SSSR count). The number of nitrogens with one attached hydrogen (secondary N) is 1. The van der Waals surface area contributed by atoms with E-state index in [1.807, 2.05) is 13.8 Å². The molecule has 0 radical (unpaired) electrons. The van der Waals surface area contributed by atoms with Crippen LogP contribution in [0.4, 0.5) is 0 Å². The molecular formula is C15H26N2O3. The maximum atomic E-state index is 12.3. The number of aryl methyl sites for hydroxylation is 1. The first-order chi connectivity index (χ1) is 9.28. The number of nitrogens with zero attached hydrogens (tertiary/aromatic N) is 1. The summed E-state index contributed by atoms with van der Waals surface area (Å²) in [5, 5.41) is 15.7. The zero-order valence-corrected chi connectivity index (χ0v) is 13.1. The second kappa shape index (κ2) is 6.88. The Morgan fingerprint density at radius 1 is 1.45 bits per heavy atom. The molecule has 0 bridgehead atoms. The van der Waals surface area contributed by atoms with Crippen LogP contribution < -0.4 is 5.32 Å². The summed E-state index contributed by atoms with van der Waals surface area (Å²) < 4.78 is 5.23. The Labute approximate surface area is 120 Å². The van der Waals surface area contributed by atoms with Gasteiger partial charge < -0.3 is 14.9 Å². The van der Waals surface area contributed by atoms with Crippen molar-refractivity contribution in [2.45, 2.75) is 53.4 Å². The average Bonchev–Trinajstić information content (AvgIpc) is 2.76. The van der Waals surface area contributed by atoms with Crippen molar-refractivity contribution in [3.63, 3.8) is 0 Å². The second-order valence-electron chi connectivity index (χ2n) is 6.34. The molecule has 0 saturated carbocycles. The lowest BCUT2D eigenvalue weighted by atomic mass is 9.88. The lowest BCUT2D eigenvalue weighted by Gasteiger charge is -2.24. The molecule has 114 valence electrons. The largest absolute Gasteiger partial charge is 0.396 e. The number of rotatable bonds is 7. The standard InChI is InChI=1S/C15H26N2O3/c1-10(2)13-12(11(3)17-20-13)14(19)16-9-15(4,5)7-6-8-18/h10,18H,6-9H2,1-5H3,(H,16,19). The quantitative estimate of drug-likeness (QED) is 0.806. The third-order valence-corrected chi connectivity index (χ3v) is 3.38. The van der Waals surface area contributed by atoms with Crippen molar-refractivity contribution in [1.29, 1.82) is 0 Å². The highest BCUT2D eigenvalue weighted by atomic mass is 16.5. The summed E-state index contributed by atoms with van der Waals surface area (Å²) in [5.74, 6) is 0.622. The van der Waals surface area contributed by atoms with Gasteiger partial charge in [-0.2, -0.15) is 0 Å². The number of aromatic nitrogens is 1. The monoisotopic (exact) mass is 282 g/mol. The molecule has 1 amide bonds. The SMILES string of the molecule is Cc1noc(C(C)C)c1C(=O)NCC(C)(C)CCCO. The van der Waals surface area contributed by atoms with Gasteiger partial charge in [0, 0.05) is 19.1 Å². The first-order valence-electron chi connectivity index (χ1n) is 7.13. The Hall–Kier alpha value is -1.36. The summed E-state index contributed by atoms with van der Waals surface area (Å²) >= 11 is 0. The minimum absolute atomic E-state index is 0.0402. The molecule has 5 nitrogen and oxygen atoms in total. The summed E-state index contributed by atoms with van der Waals surface area (Å²) in [4.78, 5) is 12.3. The van der Waals surface area contributed by atoms with Crippen LogP contribution in [0.15, 0.2) is 4.52 Å². The van der Waals surface area contributed by atoms with Crippen molar-refractivity contribution in [3.05, 3.63) is 17.0 Å². The van der Waals surface area contributed by atoms with E-state index >= 15 is 0 Å². The molecule has 0 unspecified atom stereocenters. The number of carbonyl (C=O) groups is 1. The van der Waals surface area contributed by atoms with Crippen molar-refractivity contribution in [2.75, 3.05) is 13.2 Å². The molecule has 0 atom stereocenters. The molecule has 0 aliphatic rings. The Balaban J connectivity index is 2.70. The minimum Gasteiger partial charge on any atom is -0.396 e. The number of hydrogen-bond acceptors (Lipinski definition) is 4. The van der Waals surface area contributed by atoms with E-state index in [0.29, 0.717) is 23.6 Å². The molecule has 0 aliphatic carbocycles. The summed E-state index contributed by atoms with van der Waals surface area (Å²) in [6, 6.07) is 0. The van der Waals surface area contributed by atoms with Gasteiger partial charge in [0.05, 0.1) is 5.69 Å². The molecule has 0 aliphatic heterocycles. The van der Waals surface area contributed by atoms with E-state index in [9.17, 15) is 4.79 Å². The van der Waals surface area contributed by atoms with Crippen molar-refractivity contribution >= 4 is 5.91 Å². The van der Waals surface area contributed by atoms with Crippen LogP contribution in [0.25, 0.3) is 0 Å². The van der Waals surface area contributed by atoms with Gasteiger partial charge in [-0.3, -0.25) is 4.79 Å². The van der Waals surface area contributed by atoms with Crippen LogP contribution >= 0.6 is 0 Å². The van der Waals surface area contributed by atoms with E-state index < -0.39 is 0 Å². The fraction of sp³-hybridized carbons (Fsp3) is 0.733. The second-order valence-corrected chi connectivity index (χ2v) is 6.34. The number of amides is 1. The molecule has 5 heteroatoms. The fourth-order valence-corrected chi connectivity index (χ4v) is 2.11. The smallest absolute Gasteiger partial charge is 0.256 e. The molecule has 0 aromatic carbocycles. The van der Waals surface area contributed by atoms with Crippen LogP contribution in [-0.4, -0.2) is 29.3 Å². The normalized spacial score (nSPS) is 11.9. The lowest BCUT2D eigenvalue weighted by molar-refractivity contribution is 0.0930. The predicted octanol–water partition coefficient (Wildman–Crippen LogP) is 2.63. The number of aliphatic hydroxyl groups is 1. The van der Waals surface area contributed by atoms with Crippen molar-refractivity contribution in [3.8, 4) is 0 Å². The molecule has 1 heterocycles. The van der Waals surface area contributed by atoms with E-state index in [2.05, 4.69) is 24.3 Å². The van der Waals surface area contributed by atoms with Crippen molar-refractivity contribution in [1.82, 2.24) is 10.5 Å². The van der Waals surface area contributed by atoms with Crippen LogP contribution in [0.5, 0.6) is 0 Å². The topological polar surface area (TPSA) is 75.4 Å². The van der Waals surface area contributed by atoms with E-state index in [1.165, 1.54) is 0 Å². The van der Waals surface area contributed by atoms with E-state index in [-0.39, 0.29) is 23.8 Å². The van der Waals surface area contributed by atoms with Gasteiger partial charge in [0.1, 0.15) is 5.56 Å². The Bertz CT molecular complexity index is 450. The summed E-state index contributed by atoms with van der Waals surface area (Å²) in [6.07, 6.45) is 1.61. The number of carbonyl (C=O) groups excluding carboxylic acids is 1. The third-order valence-electron chi connectivity index (χ3n) is 3.38. The van der Waals surface area contributed by atoms with Crippen molar-refractivity contribution in [2.24, 2.45) is 5.41 Å². The number of hydrogen-bond donors (Lipinski definition) is 2. The van der Waals surface area contributed by atoms with E-state index in [4.69, 9.17) is 9.63 Å². The van der Waals surface area contributed by atoms with Gasteiger partial charge in [0.2, 0.25) is 0 Å². The van der Waals surface area contributed by atoms with Crippen LogP contribution in [-0.2, 0) is 0 Å². The fourth-order valence-electron chi connectivity index (χ4n) is 2.11. The van der Waals surface area contributed by atoms with Crippen LogP contribution in [0.2, 0.25) is 0 Å². The first kappa shape index (κ1) is 16.7. The Morgan fingerprint density at radius 2 is 2.10 bits per heavy atom. The highest BCUT2D eigenvalue weighted by molar-refractivity contribution is 5.96. The highest BCUT2D eigenvalue weighted by Crippen LogP contribution is 2.24. The minimum atomic E-state index is -0.135. The summed E-state index contributed by atoms with van der Waals surface area (Å²) in [6.45, 7) is 10.6. The van der Waals surface area contributed by atoms with Gasteiger partial charge in [0.25, 0.3) is 5.91 Å². The third kappa shape index (κ3) is 4.34. The maximum Gasteiger partial charge on any atom is 0.256 e. The molecule has 0 saturated heterocycles. The molecule has 1 aromatic heterocycles. The Kier molecular flexibility index (Phi) is 5.74. The zero-order chi connectivity index (χ0) is 15.3. The molecule has 0 fully saturated rings. The highest BCUT2D eigenvalue weighted by Gasteiger charge is 2.24. The molecule has 2 N–H and O–H groups in total. The first-order valence-corrected chi connectivity index (χ1v) is 7.13. The molecular weight excluding hydrogens is 256 g/mol. The van der Waals surface area contributed by atoms with Gasteiger partial charge in [0.15, 0.2) is 5.76 Å². The lowest BCUT2D eigenvalue weighted by Crippen LogP contribution is -2.34. The van der Waals surface area contributed by atoms with Crippen LogP contribution in [0.3, 0.4) is 0 Å². The van der Waals surface area contributed by atoms with E-state index in [1.54, 1.807) is 6.92 Å². The zero-order valence-electron chi connectivity index (χ0n) is 13.1. The van der Waals surface area contributed by atoms with Crippen LogP contribution in [0, 0.1) is 12.3 Å². The molecule has 20 heavy (non-hydrogen) atoms. The van der Waals surface area contributed by atoms with Gasteiger partial charge >= 0.3 is 0 Å². The van der Waals surface area contributed by atoms with Gasteiger partial charge in [-0.1, -0.05) is 32.9 Å². The predicted molar refractivity (Wildman–Crippen MR) is 77.8 cm³/mol. The average molecular weight is 282 g/mol. The van der Waals surface area contributed by atoms with Gasteiger partial charge in [-0.25, -0.2) is 0 Å². The summed E-state index contributed by atoms with van der Waals surface area (Å²) in [7, 11) is 0. The van der Waals surface area contributed by atoms with Gasteiger partial charge in [-0.05, 0) is 25.2 Å². The van der Waals surface area contributed by atoms with Gasteiger partial charge in [-0.15, -0.1) is 0 Å². The maximum absolute atomic E-state index is 12.3. The molecule has 0 spiro atoms.